The molecule has 4 rings (SSSR count). The van der Waals surface area contributed by atoms with Crippen molar-refractivity contribution in [2.45, 2.75) is 51.9 Å². The van der Waals surface area contributed by atoms with E-state index in [1.54, 1.807) is 0 Å². The van der Waals surface area contributed by atoms with Crippen LogP contribution >= 0.6 is 0 Å². The summed E-state index contributed by atoms with van der Waals surface area (Å²) in [6.07, 6.45) is 6.51. The maximum absolute atomic E-state index is 15.1. The van der Waals surface area contributed by atoms with Gasteiger partial charge in [-0.1, -0.05) is 73.5 Å². The molecule has 1 aliphatic rings. The van der Waals surface area contributed by atoms with Crippen LogP contribution in [0.15, 0.2) is 54.6 Å². The van der Waals surface area contributed by atoms with E-state index in [1.807, 2.05) is 36.4 Å². The van der Waals surface area contributed by atoms with Crippen LogP contribution in [0.3, 0.4) is 0 Å². The summed E-state index contributed by atoms with van der Waals surface area (Å²) in [6, 6.07) is 18.4. The van der Waals surface area contributed by atoms with Gasteiger partial charge in [-0.2, -0.15) is 0 Å². The van der Waals surface area contributed by atoms with Crippen LogP contribution in [0.2, 0.25) is 0 Å². The SMILES string of the molecule is CCC1CCC(c2ccc3c(F)c(-c4ccc(C)cc4)ccc3c2)CC1. The number of fused-ring (bicyclic) bond motifs is 1. The first kappa shape index (κ1) is 17.3. The van der Waals surface area contributed by atoms with E-state index in [-0.39, 0.29) is 5.82 Å². The van der Waals surface area contributed by atoms with Gasteiger partial charge in [-0.15, -0.1) is 0 Å². The molecule has 0 N–H and O–H groups in total. The molecular formula is C25H27F. The summed E-state index contributed by atoms with van der Waals surface area (Å²) in [5.74, 6) is 1.44. The summed E-state index contributed by atoms with van der Waals surface area (Å²) >= 11 is 0. The maximum Gasteiger partial charge on any atom is 0.138 e. The average Bonchev–Trinajstić information content (AvgIpc) is 2.69. The Morgan fingerprint density at radius 1 is 0.885 bits per heavy atom. The Morgan fingerprint density at radius 2 is 1.62 bits per heavy atom. The number of rotatable bonds is 3. The highest BCUT2D eigenvalue weighted by atomic mass is 19.1. The van der Waals surface area contributed by atoms with Gasteiger partial charge in [-0.3, -0.25) is 0 Å². The molecule has 0 atom stereocenters. The lowest BCUT2D eigenvalue weighted by Crippen LogP contribution is -2.12. The predicted octanol–water partition coefficient (Wildman–Crippen LogP) is 7.64. The zero-order valence-corrected chi connectivity index (χ0v) is 15.8. The smallest absolute Gasteiger partial charge is 0.138 e. The number of benzene rings is 3. The van der Waals surface area contributed by atoms with Crippen LogP contribution < -0.4 is 0 Å². The van der Waals surface area contributed by atoms with Crippen molar-refractivity contribution in [3.8, 4) is 11.1 Å². The molecule has 0 radical (unpaired) electrons. The molecule has 0 heterocycles. The van der Waals surface area contributed by atoms with Crippen LogP contribution in [0.4, 0.5) is 4.39 Å². The van der Waals surface area contributed by atoms with E-state index in [9.17, 15) is 0 Å². The first-order valence-corrected chi connectivity index (χ1v) is 9.95. The molecule has 26 heavy (non-hydrogen) atoms. The topological polar surface area (TPSA) is 0 Å². The van der Waals surface area contributed by atoms with Crippen molar-refractivity contribution in [1.82, 2.24) is 0 Å². The van der Waals surface area contributed by atoms with Crippen LogP contribution in [-0.4, -0.2) is 0 Å². The highest BCUT2D eigenvalue weighted by Crippen LogP contribution is 2.38. The molecule has 134 valence electrons. The third kappa shape index (κ3) is 3.28. The third-order valence-electron chi connectivity index (χ3n) is 6.24. The average molecular weight is 346 g/mol. The quantitative estimate of drug-likeness (QED) is 0.457. The summed E-state index contributed by atoms with van der Waals surface area (Å²) in [6.45, 7) is 4.35. The zero-order chi connectivity index (χ0) is 18.1. The molecule has 0 spiro atoms. The van der Waals surface area contributed by atoms with Crippen molar-refractivity contribution in [2.75, 3.05) is 0 Å². The van der Waals surface area contributed by atoms with E-state index >= 15 is 4.39 Å². The van der Waals surface area contributed by atoms with Gasteiger partial charge >= 0.3 is 0 Å². The van der Waals surface area contributed by atoms with Gasteiger partial charge in [0.25, 0.3) is 0 Å². The van der Waals surface area contributed by atoms with Crippen molar-refractivity contribution in [2.24, 2.45) is 5.92 Å². The number of hydrogen-bond acceptors (Lipinski definition) is 0. The lowest BCUT2D eigenvalue weighted by molar-refractivity contribution is 0.319. The molecule has 3 aromatic rings. The molecule has 1 saturated carbocycles. The number of halogens is 1. The van der Waals surface area contributed by atoms with Crippen molar-refractivity contribution in [3.63, 3.8) is 0 Å². The predicted molar refractivity (Wildman–Crippen MR) is 109 cm³/mol. The Hall–Kier alpha value is -2.15. The molecule has 1 fully saturated rings. The van der Waals surface area contributed by atoms with Crippen LogP contribution in [0.25, 0.3) is 21.9 Å². The molecule has 0 bridgehead atoms. The Morgan fingerprint density at radius 3 is 2.31 bits per heavy atom. The van der Waals surface area contributed by atoms with Crippen molar-refractivity contribution in [3.05, 3.63) is 71.5 Å². The van der Waals surface area contributed by atoms with Gasteiger partial charge in [-0.25, -0.2) is 4.39 Å². The Kier molecular flexibility index (Phi) is 4.80. The summed E-state index contributed by atoms with van der Waals surface area (Å²) in [5.41, 5.74) is 4.21. The first-order chi connectivity index (χ1) is 12.7. The minimum absolute atomic E-state index is 0.104. The molecular weight excluding hydrogens is 319 g/mol. The molecule has 0 unspecified atom stereocenters. The van der Waals surface area contributed by atoms with Gasteiger partial charge in [0, 0.05) is 10.9 Å². The van der Waals surface area contributed by atoms with Gasteiger partial charge in [0.05, 0.1) is 0 Å². The standard InChI is InChI=1S/C25H27F/c1-3-18-6-10-19(11-7-18)21-12-14-24-22(16-21)13-15-23(25(24)26)20-8-4-17(2)5-9-20/h4-5,8-9,12-16,18-19H,3,6-7,10-11H2,1-2H3. The van der Waals surface area contributed by atoms with Crippen molar-refractivity contribution >= 4 is 10.8 Å². The summed E-state index contributed by atoms with van der Waals surface area (Å²) in [7, 11) is 0. The second-order valence-electron chi connectivity index (χ2n) is 7.90. The van der Waals surface area contributed by atoms with Gasteiger partial charge in [0.2, 0.25) is 0 Å². The van der Waals surface area contributed by atoms with Crippen LogP contribution in [0.1, 0.15) is 56.1 Å². The van der Waals surface area contributed by atoms with E-state index in [1.165, 1.54) is 43.2 Å². The Balaban J connectivity index is 1.66. The minimum atomic E-state index is -0.104. The molecule has 1 aliphatic carbocycles. The van der Waals surface area contributed by atoms with E-state index in [0.29, 0.717) is 11.5 Å². The van der Waals surface area contributed by atoms with Crippen LogP contribution in [-0.2, 0) is 0 Å². The van der Waals surface area contributed by atoms with Crippen LogP contribution in [0.5, 0.6) is 0 Å². The molecule has 1 heteroatoms. The molecule has 0 saturated heterocycles. The zero-order valence-electron chi connectivity index (χ0n) is 15.8. The van der Waals surface area contributed by atoms with Crippen molar-refractivity contribution in [1.29, 1.82) is 0 Å². The van der Waals surface area contributed by atoms with E-state index in [0.717, 1.165) is 22.3 Å². The largest absolute Gasteiger partial charge is 0.206 e. The van der Waals surface area contributed by atoms with Gasteiger partial charge in [0.1, 0.15) is 5.82 Å². The summed E-state index contributed by atoms with van der Waals surface area (Å²) in [4.78, 5) is 0. The highest BCUT2D eigenvalue weighted by molar-refractivity contribution is 5.88. The second-order valence-corrected chi connectivity index (χ2v) is 7.90. The Bertz CT molecular complexity index is 899. The minimum Gasteiger partial charge on any atom is -0.206 e. The first-order valence-electron chi connectivity index (χ1n) is 9.95. The van der Waals surface area contributed by atoms with Gasteiger partial charge < -0.3 is 0 Å². The second kappa shape index (κ2) is 7.23. The van der Waals surface area contributed by atoms with Gasteiger partial charge in [0.15, 0.2) is 0 Å². The van der Waals surface area contributed by atoms with Crippen molar-refractivity contribution < 1.29 is 4.39 Å². The number of aryl methyl sites for hydroxylation is 1. The fourth-order valence-electron chi connectivity index (χ4n) is 4.42. The fraction of sp³-hybridized carbons (Fsp3) is 0.360. The molecule has 3 aromatic carbocycles. The molecule has 0 aromatic heterocycles. The highest BCUT2D eigenvalue weighted by Gasteiger charge is 2.21. The normalized spacial score (nSPS) is 20.4. The monoisotopic (exact) mass is 346 g/mol. The molecule has 0 amide bonds. The van der Waals surface area contributed by atoms with E-state index in [2.05, 4.69) is 32.0 Å². The van der Waals surface area contributed by atoms with Crippen LogP contribution in [0, 0.1) is 18.7 Å². The maximum atomic E-state index is 15.1. The fourth-order valence-corrected chi connectivity index (χ4v) is 4.42. The molecule has 0 nitrogen and oxygen atoms in total. The third-order valence-corrected chi connectivity index (χ3v) is 6.24. The van der Waals surface area contributed by atoms with E-state index < -0.39 is 0 Å². The van der Waals surface area contributed by atoms with Gasteiger partial charge in [-0.05, 0) is 61.0 Å². The number of hydrogen-bond donors (Lipinski definition) is 0. The lowest BCUT2D eigenvalue weighted by atomic mass is 9.77. The summed E-state index contributed by atoms with van der Waals surface area (Å²) in [5, 5.41) is 1.75. The lowest BCUT2D eigenvalue weighted by Gasteiger charge is -2.28. The summed E-state index contributed by atoms with van der Waals surface area (Å²) < 4.78 is 15.1. The van der Waals surface area contributed by atoms with E-state index in [4.69, 9.17) is 0 Å². The molecule has 0 aliphatic heterocycles. The Labute approximate surface area is 156 Å².